The number of carbonyl (C=O) groups excluding carboxylic acids is 1. The van der Waals surface area contributed by atoms with Crippen LogP contribution in [-0.2, 0) is 14.8 Å². The van der Waals surface area contributed by atoms with Gasteiger partial charge in [0.05, 0.1) is 38.2 Å². The smallest absolute Gasteiger partial charge is 0.243 e. The number of nitrogens with one attached hydrogen (secondary N) is 1. The van der Waals surface area contributed by atoms with Gasteiger partial charge in [-0.25, -0.2) is 8.42 Å². The Labute approximate surface area is 144 Å². The third kappa shape index (κ3) is 4.34. The number of piperazine rings is 1. The maximum absolute atomic E-state index is 12.7. The molecule has 0 unspecified atom stereocenters. The fourth-order valence-corrected chi connectivity index (χ4v) is 4.05. The highest BCUT2D eigenvalue weighted by molar-refractivity contribution is 7.89. The molecule has 1 aliphatic rings. The number of benzene rings is 1. The van der Waals surface area contributed by atoms with E-state index >= 15 is 0 Å². The summed E-state index contributed by atoms with van der Waals surface area (Å²) in [6.07, 6.45) is 0. The van der Waals surface area contributed by atoms with Crippen molar-refractivity contribution in [1.29, 1.82) is 0 Å². The summed E-state index contributed by atoms with van der Waals surface area (Å²) in [5, 5.41) is 0. The lowest BCUT2D eigenvalue weighted by atomic mass is 9.90. The van der Waals surface area contributed by atoms with Crippen molar-refractivity contribution in [2.45, 2.75) is 25.7 Å². The van der Waals surface area contributed by atoms with Gasteiger partial charge in [0.25, 0.3) is 0 Å². The zero-order valence-electron chi connectivity index (χ0n) is 14.8. The zero-order chi connectivity index (χ0) is 18.0. The van der Waals surface area contributed by atoms with Crippen LogP contribution in [0.1, 0.15) is 20.8 Å². The predicted molar refractivity (Wildman–Crippen MR) is 91.8 cm³/mol. The SMILES string of the molecule is COc1ccc(S(=O)(=O)N2CC[NH+](CC(=O)C(C)(C)C)CC2)cc1. The van der Waals surface area contributed by atoms with Gasteiger partial charge in [-0.05, 0) is 24.3 Å². The fraction of sp³-hybridized carbons (Fsp3) is 0.588. The number of methoxy groups -OCH3 is 1. The van der Waals surface area contributed by atoms with Crippen molar-refractivity contribution in [2.75, 3.05) is 39.8 Å². The largest absolute Gasteiger partial charge is 0.497 e. The Morgan fingerprint density at radius 2 is 1.71 bits per heavy atom. The molecule has 1 fully saturated rings. The molecule has 2 rings (SSSR count). The summed E-state index contributed by atoms with van der Waals surface area (Å²) in [6, 6.07) is 6.43. The maximum atomic E-state index is 12.7. The van der Waals surface area contributed by atoms with Crippen LogP contribution in [0.15, 0.2) is 29.2 Å². The Balaban J connectivity index is 1.99. The lowest BCUT2D eigenvalue weighted by Gasteiger charge is -2.32. The molecule has 0 atom stereocenters. The number of Topliss-reactive ketones (excluding diaryl/α,β-unsaturated/α-hetero) is 1. The van der Waals surface area contributed by atoms with E-state index in [4.69, 9.17) is 4.74 Å². The van der Waals surface area contributed by atoms with Gasteiger partial charge < -0.3 is 9.64 Å². The van der Waals surface area contributed by atoms with Crippen LogP contribution in [-0.4, -0.2) is 58.3 Å². The van der Waals surface area contributed by atoms with Gasteiger partial charge in [0.2, 0.25) is 10.0 Å². The van der Waals surface area contributed by atoms with Crippen LogP contribution in [0.4, 0.5) is 0 Å². The quantitative estimate of drug-likeness (QED) is 0.819. The predicted octanol–water partition coefficient (Wildman–Crippen LogP) is 0.200. The highest BCUT2D eigenvalue weighted by Gasteiger charge is 2.33. The van der Waals surface area contributed by atoms with Crippen LogP contribution in [0.2, 0.25) is 0 Å². The van der Waals surface area contributed by atoms with Crippen molar-refractivity contribution in [1.82, 2.24) is 4.31 Å². The molecule has 1 aromatic rings. The van der Waals surface area contributed by atoms with E-state index in [0.29, 0.717) is 38.5 Å². The van der Waals surface area contributed by atoms with Gasteiger partial charge in [-0.3, -0.25) is 4.79 Å². The molecule has 1 heterocycles. The second kappa shape index (κ2) is 7.21. The normalized spacial score (nSPS) is 17.7. The Morgan fingerprint density at radius 3 is 2.17 bits per heavy atom. The van der Waals surface area contributed by atoms with E-state index in [0.717, 1.165) is 4.90 Å². The van der Waals surface area contributed by atoms with Crippen molar-refractivity contribution in [3.63, 3.8) is 0 Å². The number of ether oxygens (including phenoxy) is 1. The number of sulfonamides is 1. The minimum Gasteiger partial charge on any atom is -0.497 e. The van der Waals surface area contributed by atoms with Crippen LogP contribution in [0.25, 0.3) is 0 Å². The molecule has 0 aromatic heterocycles. The van der Waals surface area contributed by atoms with Crippen molar-refractivity contribution in [3.05, 3.63) is 24.3 Å². The first-order chi connectivity index (χ1) is 11.1. The molecule has 0 amide bonds. The molecule has 7 heteroatoms. The van der Waals surface area contributed by atoms with E-state index in [1.807, 2.05) is 20.8 Å². The number of rotatable bonds is 5. The lowest BCUT2D eigenvalue weighted by Crippen LogP contribution is -3.15. The second-order valence-corrected chi connectivity index (χ2v) is 9.12. The topological polar surface area (TPSA) is 68.1 Å². The van der Waals surface area contributed by atoms with Crippen LogP contribution in [0, 0.1) is 5.41 Å². The first-order valence-electron chi connectivity index (χ1n) is 8.15. The third-order valence-electron chi connectivity index (χ3n) is 4.37. The minimum atomic E-state index is -3.49. The summed E-state index contributed by atoms with van der Waals surface area (Å²) in [5.74, 6) is 0.841. The van der Waals surface area contributed by atoms with Gasteiger partial charge in [0.1, 0.15) is 12.3 Å². The van der Waals surface area contributed by atoms with E-state index in [9.17, 15) is 13.2 Å². The van der Waals surface area contributed by atoms with Gasteiger partial charge in [0.15, 0.2) is 5.78 Å². The van der Waals surface area contributed by atoms with Gasteiger partial charge in [-0.2, -0.15) is 4.31 Å². The Hall–Kier alpha value is -1.44. The zero-order valence-corrected chi connectivity index (χ0v) is 15.6. The molecule has 0 radical (unpaired) electrons. The molecule has 1 saturated heterocycles. The standard InChI is InChI=1S/C17H26N2O4S/c1-17(2,3)16(20)13-18-9-11-19(12-10-18)24(21,22)15-7-5-14(23-4)6-8-15/h5-8H,9-13H2,1-4H3/p+1. The molecule has 1 aliphatic heterocycles. The van der Waals surface area contributed by atoms with Gasteiger partial charge in [-0.15, -0.1) is 0 Å². The van der Waals surface area contributed by atoms with Gasteiger partial charge >= 0.3 is 0 Å². The number of hydrogen-bond donors (Lipinski definition) is 1. The monoisotopic (exact) mass is 355 g/mol. The summed E-state index contributed by atoms with van der Waals surface area (Å²) < 4.78 is 31.9. The molecule has 6 nitrogen and oxygen atoms in total. The van der Waals surface area contributed by atoms with Crippen molar-refractivity contribution in [3.8, 4) is 5.75 Å². The molecule has 134 valence electrons. The molecule has 0 aliphatic carbocycles. The molecule has 0 bridgehead atoms. The van der Waals surface area contributed by atoms with Gasteiger partial charge in [0, 0.05) is 5.41 Å². The Kier molecular flexibility index (Phi) is 5.67. The molecule has 0 spiro atoms. The summed E-state index contributed by atoms with van der Waals surface area (Å²) >= 11 is 0. The van der Waals surface area contributed by atoms with Crippen molar-refractivity contribution >= 4 is 15.8 Å². The average molecular weight is 355 g/mol. The molecule has 1 N–H and O–H groups in total. The molecule has 0 saturated carbocycles. The third-order valence-corrected chi connectivity index (χ3v) is 6.29. The lowest BCUT2D eigenvalue weighted by molar-refractivity contribution is -0.895. The Morgan fingerprint density at radius 1 is 1.17 bits per heavy atom. The van der Waals surface area contributed by atoms with Crippen LogP contribution in [0.3, 0.4) is 0 Å². The summed E-state index contributed by atoms with van der Waals surface area (Å²) in [5.41, 5.74) is -0.348. The highest BCUT2D eigenvalue weighted by atomic mass is 32.2. The van der Waals surface area contributed by atoms with Crippen molar-refractivity contribution < 1.29 is 22.8 Å². The van der Waals surface area contributed by atoms with E-state index in [1.165, 1.54) is 4.31 Å². The average Bonchev–Trinajstić information content (AvgIpc) is 2.54. The number of carbonyl (C=O) groups is 1. The minimum absolute atomic E-state index is 0.212. The Bertz CT molecular complexity index is 670. The highest BCUT2D eigenvalue weighted by Crippen LogP contribution is 2.19. The molecule has 1 aromatic carbocycles. The van der Waals surface area contributed by atoms with Crippen LogP contribution < -0.4 is 9.64 Å². The summed E-state index contributed by atoms with van der Waals surface area (Å²) in [7, 11) is -1.94. The maximum Gasteiger partial charge on any atom is 0.243 e. The first kappa shape index (κ1) is 18.9. The van der Waals surface area contributed by atoms with Crippen LogP contribution >= 0.6 is 0 Å². The second-order valence-electron chi connectivity index (χ2n) is 7.18. The van der Waals surface area contributed by atoms with Crippen LogP contribution in [0.5, 0.6) is 5.75 Å². The first-order valence-corrected chi connectivity index (χ1v) is 9.59. The summed E-state index contributed by atoms with van der Waals surface area (Å²) in [6.45, 7) is 8.37. The number of quaternary nitrogens is 1. The number of nitrogens with zero attached hydrogens (tertiary/aromatic N) is 1. The van der Waals surface area contributed by atoms with Crippen molar-refractivity contribution in [2.24, 2.45) is 5.41 Å². The molecular weight excluding hydrogens is 328 g/mol. The summed E-state index contributed by atoms with van der Waals surface area (Å²) in [4.78, 5) is 13.6. The molecular formula is C17H27N2O4S+. The fourth-order valence-electron chi connectivity index (χ4n) is 2.61. The van der Waals surface area contributed by atoms with Gasteiger partial charge in [-0.1, -0.05) is 20.8 Å². The number of hydrogen-bond acceptors (Lipinski definition) is 4. The van der Waals surface area contributed by atoms with E-state index in [-0.39, 0.29) is 16.1 Å². The van der Waals surface area contributed by atoms with E-state index in [1.54, 1.807) is 31.4 Å². The van der Waals surface area contributed by atoms with E-state index in [2.05, 4.69) is 0 Å². The van der Waals surface area contributed by atoms with E-state index < -0.39 is 10.0 Å². The number of ketones is 1. The molecule has 24 heavy (non-hydrogen) atoms.